The number of rotatable bonds is 4. The molecule has 1 N–H and O–H groups in total. The average Bonchev–Trinajstić information content (AvgIpc) is 2.63. The highest BCUT2D eigenvalue weighted by Crippen LogP contribution is 2.22. The number of nitrogens with zero attached hydrogens (tertiary/aromatic N) is 2. The van der Waals surface area contributed by atoms with E-state index in [0.717, 1.165) is 12.8 Å². The van der Waals surface area contributed by atoms with E-state index in [1.165, 1.54) is 12.1 Å². The molecule has 1 amide bonds. The maximum atomic E-state index is 12.6. The molecule has 2 atom stereocenters. The number of nitro benzene ring substituents is 1. The molecule has 26 heavy (non-hydrogen) atoms. The molecule has 0 spiro atoms. The summed E-state index contributed by atoms with van der Waals surface area (Å²) in [4.78, 5) is 24.7. The van der Waals surface area contributed by atoms with E-state index in [0.29, 0.717) is 32.0 Å². The first-order chi connectivity index (χ1) is 12.0. The van der Waals surface area contributed by atoms with Gasteiger partial charge in [-0.25, -0.2) is 0 Å². The SMILES string of the molecule is C[C@H]1OCCN[C@@H]1C(=O)N1CCC(Oc2ccc([N+](=O)[O-])cc2)CC1.Cl. The van der Waals surface area contributed by atoms with Crippen LogP contribution in [0.5, 0.6) is 5.75 Å². The molecule has 1 aromatic carbocycles. The summed E-state index contributed by atoms with van der Waals surface area (Å²) >= 11 is 0. The van der Waals surface area contributed by atoms with Crippen molar-refractivity contribution in [3.8, 4) is 5.75 Å². The molecule has 2 aliphatic rings. The van der Waals surface area contributed by atoms with Crippen LogP contribution in [0.3, 0.4) is 0 Å². The van der Waals surface area contributed by atoms with Gasteiger partial charge in [0.2, 0.25) is 5.91 Å². The Hall–Kier alpha value is -1.90. The molecule has 0 bridgehead atoms. The van der Waals surface area contributed by atoms with E-state index in [4.69, 9.17) is 9.47 Å². The summed E-state index contributed by atoms with van der Waals surface area (Å²) in [7, 11) is 0. The quantitative estimate of drug-likeness (QED) is 0.627. The minimum atomic E-state index is -0.433. The van der Waals surface area contributed by atoms with E-state index in [1.54, 1.807) is 12.1 Å². The Kier molecular flexibility index (Phi) is 7.19. The number of ether oxygens (including phenoxy) is 2. The monoisotopic (exact) mass is 385 g/mol. The number of hydrogen-bond donors (Lipinski definition) is 1. The van der Waals surface area contributed by atoms with Crippen molar-refractivity contribution < 1.29 is 19.2 Å². The molecule has 0 aromatic heterocycles. The third-order valence-electron chi connectivity index (χ3n) is 4.69. The first kappa shape index (κ1) is 20.4. The third-order valence-corrected chi connectivity index (χ3v) is 4.69. The van der Waals surface area contributed by atoms with E-state index >= 15 is 0 Å². The number of nitrogens with one attached hydrogen (secondary N) is 1. The molecule has 3 rings (SSSR count). The summed E-state index contributed by atoms with van der Waals surface area (Å²) in [6, 6.07) is 5.82. The second-order valence-electron chi connectivity index (χ2n) is 6.40. The number of carbonyl (C=O) groups excluding carboxylic acids is 1. The first-order valence-electron chi connectivity index (χ1n) is 8.59. The van der Waals surface area contributed by atoms with Crippen molar-refractivity contribution in [1.82, 2.24) is 10.2 Å². The van der Waals surface area contributed by atoms with Crippen molar-refractivity contribution in [1.29, 1.82) is 0 Å². The van der Waals surface area contributed by atoms with Crippen LogP contribution in [0, 0.1) is 10.1 Å². The number of benzene rings is 1. The van der Waals surface area contributed by atoms with Crippen molar-refractivity contribution in [3.63, 3.8) is 0 Å². The fourth-order valence-electron chi connectivity index (χ4n) is 3.24. The van der Waals surface area contributed by atoms with Gasteiger partial charge in [-0.2, -0.15) is 0 Å². The van der Waals surface area contributed by atoms with Crippen LogP contribution in [0.2, 0.25) is 0 Å². The molecule has 9 heteroatoms. The van der Waals surface area contributed by atoms with Crippen LogP contribution >= 0.6 is 12.4 Å². The zero-order valence-electron chi connectivity index (χ0n) is 14.6. The van der Waals surface area contributed by atoms with E-state index in [-0.39, 0.29) is 42.3 Å². The van der Waals surface area contributed by atoms with Crippen LogP contribution in [0.25, 0.3) is 0 Å². The average molecular weight is 386 g/mol. The molecule has 0 aliphatic carbocycles. The van der Waals surface area contributed by atoms with Crippen LogP contribution in [-0.2, 0) is 9.53 Å². The van der Waals surface area contributed by atoms with Gasteiger partial charge in [-0.3, -0.25) is 14.9 Å². The highest BCUT2D eigenvalue weighted by Gasteiger charge is 2.33. The van der Waals surface area contributed by atoms with Crippen LogP contribution in [0.15, 0.2) is 24.3 Å². The maximum Gasteiger partial charge on any atom is 0.269 e. The van der Waals surface area contributed by atoms with E-state index < -0.39 is 4.92 Å². The van der Waals surface area contributed by atoms with Crippen LogP contribution < -0.4 is 10.1 Å². The standard InChI is InChI=1S/C17H23N3O5.ClH/c1-12-16(18-8-11-24-12)17(21)19-9-6-15(7-10-19)25-14-4-2-13(3-5-14)20(22)23;/h2-5,12,15-16,18H,6-11H2,1H3;1H/t12-,16+;/m1./s1. The Morgan fingerprint density at radius 2 is 1.96 bits per heavy atom. The van der Waals surface area contributed by atoms with Gasteiger partial charge in [0, 0.05) is 44.6 Å². The van der Waals surface area contributed by atoms with Gasteiger partial charge >= 0.3 is 0 Å². The lowest BCUT2D eigenvalue weighted by molar-refractivity contribution is -0.384. The molecule has 8 nitrogen and oxygen atoms in total. The molecule has 0 radical (unpaired) electrons. The lowest BCUT2D eigenvalue weighted by Crippen LogP contribution is -2.57. The molecule has 0 saturated carbocycles. The van der Waals surface area contributed by atoms with E-state index in [1.807, 2.05) is 11.8 Å². The van der Waals surface area contributed by atoms with Crippen molar-refractivity contribution in [2.24, 2.45) is 0 Å². The number of morpholine rings is 1. The van der Waals surface area contributed by atoms with Crippen molar-refractivity contribution in [3.05, 3.63) is 34.4 Å². The Morgan fingerprint density at radius 1 is 1.31 bits per heavy atom. The fraction of sp³-hybridized carbons (Fsp3) is 0.588. The summed E-state index contributed by atoms with van der Waals surface area (Å²) < 4.78 is 11.4. The summed E-state index contributed by atoms with van der Waals surface area (Å²) in [5, 5.41) is 13.9. The number of carbonyl (C=O) groups is 1. The molecule has 144 valence electrons. The number of nitro groups is 1. The van der Waals surface area contributed by atoms with Crippen LogP contribution in [0.4, 0.5) is 5.69 Å². The summed E-state index contributed by atoms with van der Waals surface area (Å²) in [5.41, 5.74) is 0.0455. The van der Waals surface area contributed by atoms with Gasteiger partial charge in [-0.1, -0.05) is 0 Å². The second-order valence-corrected chi connectivity index (χ2v) is 6.40. The Bertz CT molecular complexity index is 619. The Labute approximate surface area is 158 Å². The number of non-ortho nitro benzene ring substituents is 1. The van der Waals surface area contributed by atoms with Crippen LogP contribution in [-0.4, -0.2) is 60.2 Å². The Morgan fingerprint density at radius 3 is 2.54 bits per heavy atom. The molecular formula is C17H24ClN3O5. The normalized spacial score (nSPS) is 23.8. The van der Waals surface area contributed by atoms with Gasteiger partial charge in [-0.15, -0.1) is 12.4 Å². The molecule has 1 aromatic rings. The maximum absolute atomic E-state index is 12.6. The van der Waals surface area contributed by atoms with Crippen molar-refractivity contribution in [2.75, 3.05) is 26.2 Å². The molecule has 2 aliphatic heterocycles. The van der Waals surface area contributed by atoms with Gasteiger partial charge in [0.1, 0.15) is 17.9 Å². The van der Waals surface area contributed by atoms with E-state index in [2.05, 4.69) is 5.32 Å². The first-order valence-corrected chi connectivity index (χ1v) is 8.59. The number of amides is 1. The Balaban J connectivity index is 0.00000243. The smallest absolute Gasteiger partial charge is 0.269 e. The van der Waals surface area contributed by atoms with Gasteiger partial charge in [0.25, 0.3) is 5.69 Å². The van der Waals surface area contributed by atoms with Crippen molar-refractivity contribution in [2.45, 2.75) is 38.0 Å². The van der Waals surface area contributed by atoms with Gasteiger partial charge in [0.05, 0.1) is 17.6 Å². The van der Waals surface area contributed by atoms with Crippen LogP contribution in [0.1, 0.15) is 19.8 Å². The van der Waals surface area contributed by atoms with Crippen molar-refractivity contribution >= 4 is 24.0 Å². The number of hydrogen-bond acceptors (Lipinski definition) is 6. The summed E-state index contributed by atoms with van der Waals surface area (Å²) in [5.74, 6) is 0.701. The fourth-order valence-corrected chi connectivity index (χ4v) is 3.24. The largest absolute Gasteiger partial charge is 0.490 e. The van der Waals surface area contributed by atoms with Gasteiger partial charge < -0.3 is 19.7 Å². The number of piperidine rings is 1. The lowest BCUT2D eigenvalue weighted by atomic mass is 10.0. The predicted molar refractivity (Wildman–Crippen MR) is 97.8 cm³/mol. The zero-order chi connectivity index (χ0) is 17.8. The van der Waals surface area contributed by atoms with E-state index in [9.17, 15) is 14.9 Å². The topological polar surface area (TPSA) is 93.9 Å². The highest BCUT2D eigenvalue weighted by molar-refractivity contribution is 5.85. The molecule has 2 saturated heterocycles. The zero-order valence-corrected chi connectivity index (χ0v) is 15.4. The summed E-state index contributed by atoms with van der Waals surface area (Å²) in [6.07, 6.45) is 1.38. The minimum absolute atomic E-state index is 0. The molecule has 2 fully saturated rings. The minimum Gasteiger partial charge on any atom is -0.490 e. The van der Waals surface area contributed by atoms with Gasteiger partial charge in [0.15, 0.2) is 0 Å². The molecule has 2 heterocycles. The number of halogens is 1. The summed E-state index contributed by atoms with van der Waals surface area (Å²) in [6.45, 7) is 4.53. The third kappa shape index (κ3) is 4.84. The molecular weight excluding hydrogens is 362 g/mol. The molecule has 0 unspecified atom stereocenters. The second kappa shape index (κ2) is 9.16. The van der Waals surface area contributed by atoms with Gasteiger partial charge in [-0.05, 0) is 19.1 Å². The predicted octanol–water partition coefficient (Wildman–Crippen LogP) is 1.76. The highest BCUT2D eigenvalue weighted by atomic mass is 35.5. The number of likely N-dealkylation sites (tertiary alicyclic amines) is 1. The lowest BCUT2D eigenvalue weighted by Gasteiger charge is -2.37.